The highest BCUT2D eigenvalue weighted by Gasteiger charge is 2.15. The van der Waals surface area contributed by atoms with Gasteiger partial charge in [-0.2, -0.15) is 4.72 Å². The molecule has 0 bridgehead atoms. The Kier molecular flexibility index (Phi) is 7.44. The van der Waals surface area contributed by atoms with Crippen LogP contribution in [0.2, 0.25) is 0 Å². The number of aromatic nitrogens is 1. The van der Waals surface area contributed by atoms with Gasteiger partial charge in [0.15, 0.2) is 11.5 Å². The van der Waals surface area contributed by atoms with Crippen LogP contribution in [0.15, 0.2) is 71.9 Å². The summed E-state index contributed by atoms with van der Waals surface area (Å²) in [4.78, 5) is 16.7. The minimum absolute atomic E-state index is 0.0137. The molecule has 1 amide bonds. The Balaban J connectivity index is 1.71. The predicted molar refractivity (Wildman–Crippen MR) is 120 cm³/mol. The molecule has 1 aromatic heterocycles. The first-order chi connectivity index (χ1) is 15.4. The highest BCUT2D eigenvalue weighted by Crippen LogP contribution is 2.31. The smallest absolute Gasteiger partial charge is 0.255 e. The van der Waals surface area contributed by atoms with E-state index in [0.29, 0.717) is 17.2 Å². The zero-order valence-electron chi connectivity index (χ0n) is 17.2. The number of terminal acetylenes is 1. The molecular weight excluding hydrogens is 430 g/mol. The monoisotopic (exact) mass is 451 g/mol. The second kappa shape index (κ2) is 10.4. The van der Waals surface area contributed by atoms with Gasteiger partial charge in [0.05, 0.1) is 18.6 Å². The summed E-state index contributed by atoms with van der Waals surface area (Å²) in [6.45, 7) is 0.165. The molecular formula is C23H21N3O5S. The van der Waals surface area contributed by atoms with Crippen molar-refractivity contribution in [2.45, 2.75) is 11.5 Å². The molecule has 0 radical (unpaired) electrons. The number of hydrogen-bond acceptors (Lipinski definition) is 6. The molecule has 0 saturated carbocycles. The number of nitrogens with zero attached hydrogens (tertiary/aromatic N) is 1. The SMILES string of the molecule is C#CCNS(=O)(=O)c1ccc(C(=O)Nc2ccc(OC)c(OCc3cccnc3)c2)cc1. The van der Waals surface area contributed by atoms with E-state index in [-0.39, 0.29) is 23.6 Å². The number of carbonyl (C=O) groups is 1. The van der Waals surface area contributed by atoms with Crippen molar-refractivity contribution in [1.29, 1.82) is 0 Å². The van der Waals surface area contributed by atoms with Crippen LogP contribution in [0.1, 0.15) is 15.9 Å². The first-order valence-corrected chi connectivity index (χ1v) is 11.0. The van der Waals surface area contributed by atoms with Crippen molar-refractivity contribution >= 4 is 21.6 Å². The molecule has 0 saturated heterocycles. The third-order valence-corrected chi connectivity index (χ3v) is 5.75. The van der Waals surface area contributed by atoms with Crippen molar-refractivity contribution in [3.05, 3.63) is 78.1 Å². The number of anilines is 1. The maximum atomic E-state index is 12.6. The minimum atomic E-state index is -3.73. The molecule has 0 spiro atoms. The third kappa shape index (κ3) is 5.85. The standard InChI is InChI=1S/C23H21N3O5S/c1-3-12-25-32(28,29)20-9-6-18(7-10-20)23(27)26-19-8-11-21(30-2)22(14-19)31-16-17-5-4-13-24-15-17/h1,4-11,13-15,25H,12,16H2,2H3,(H,26,27). The lowest BCUT2D eigenvalue weighted by atomic mass is 10.2. The lowest BCUT2D eigenvalue weighted by molar-refractivity contribution is 0.102. The number of hydrogen-bond donors (Lipinski definition) is 2. The van der Waals surface area contributed by atoms with Crippen molar-refractivity contribution in [3.8, 4) is 23.8 Å². The Bertz CT molecular complexity index is 1220. The summed E-state index contributed by atoms with van der Waals surface area (Å²) in [6.07, 6.45) is 8.45. The van der Waals surface area contributed by atoms with Crippen molar-refractivity contribution in [3.63, 3.8) is 0 Å². The van der Waals surface area contributed by atoms with Crippen LogP contribution in [0.4, 0.5) is 5.69 Å². The van der Waals surface area contributed by atoms with Crippen LogP contribution in [0, 0.1) is 12.3 Å². The lowest BCUT2D eigenvalue weighted by Gasteiger charge is -2.13. The summed E-state index contributed by atoms with van der Waals surface area (Å²) in [5.74, 6) is 2.76. The Morgan fingerprint density at radius 1 is 1.12 bits per heavy atom. The van der Waals surface area contributed by atoms with Gasteiger partial charge in [-0.15, -0.1) is 6.42 Å². The predicted octanol–water partition coefficient (Wildman–Crippen LogP) is 2.83. The molecule has 9 heteroatoms. The van der Waals surface area contributed by atoms with Gasteiger partial charge in [0.25, 0.3) is 5.91 Å². The summed E-state index contributed by atoms with van der Waals surface area (Å²) < 4.78 is 37.6. The number of carbonyl (C=O) groups excluding carboxylic acids is 1. The maximum Gasteiger partial charge on any atom is 0.255 e. The van der Waals surface area contributed by atoms with Crippen LogP contribution in [-0.4, -0.2) is 33.0 Å². The van der Waals surface area contributed by atoms with E-state index in [1.165, 1.54) is 31.4 Å². The number of benzene rings is 2. The average molecular weight is 452 g/mol. The number of sulfonamides is 1. The van der Waals surface area contributed by atoms with Gasteiger partial charge < -0.3 is 14.8 Å². The van der Waals surface area contributed by atoms with Gasteiger partial charge >= 0.3 is 0 Å². The van der Waals surface area contributed by atoms with Gasteiger partial charge in [-0.05, 0) is 42.5 Å². The fraction of sp³-hybridized carbons (Fsp3) is 0.130. The maximum absolute atomic E-state index is 12.6. The van der Waals surface area contributed by atoms with Crippen LogP contribution in [0.25, 0.3) is 0 Å². The molecule has 3 aromatic rings. The number of pyridine rings is 1. The van der Waals surface area contributed by atoms with E-state index in [0.717, 1.165) is 5.56 Å². The molecule has 0 aliphatic heterocycles. The molecule has 0 unspecified atom stereocenters. The van der Waals surface area contributed by atoms with Gasteiger partial charge in [-0.25, -0.2) is 8.42 Å². The summed E-state index contributed by atoms with van der Waals surface area (Å²) in [7, 11) is -2.20. The summed E-state index contributed by atoms with van der Waals surface area (Å²) in [5.41, 5.74) is 1.66. The highest BCUT2D eigenvalue weighted by atomic mass is 32.2. The summed E-state index contributed by atoms with van der Waals surface area (Å²) in [6, 6.07) is 14.2. The number of methoxy groups -OCH3 is 1. The third-order valence-electron chi connectivity index (χ3n) is 4.33. The second-order valence-electron chi connectivity index (χ2n) is 6.52. The minimum Gasteiger partial charge on any atom is -0.493 e. The van der Waals surface area contributed by atoms with E-state index in [4.69, 9.17) is 15.9 Å². The molecule has 164 valence electrons. The van der Waals surface area contributed by atoms with Crippen molar-refractivity contribution in [2.24, 2.45) is 0 Å². The van der Waals surface area contributed by atoms with Gasteiger partial charge in [-0.1, -0.05) is 12.0 Å². The van der Waals surface area contributed by atoms with Crippen molar-refractivity contribution in [1.82, 2.24) is 9.71 Å². The average Bonchev–Trinajstić information content (AvgIpc) is 2.82. The molecule has 1 heterocycles. The molecule has 8 nitrogen and oxygen atoms in total. The van der Waals surface area contributed by atoms with Crippen molar-refractivity contribution in [2.75, 3.05) is 19.0 Å². The van der Waals surface area contributed by atoms with E-state index in [1.807, 2.05) is 12.1 Å². The topological polar surface area (TPSA) is 107 Å². The van der Waals surface area contributed by atoms with Crippen LogP contribution in [0.3, 0.4) is 0 Å². The van der Waals surface area contributed by atoms with E-state index in [9.17, 15) is 13.2 Å². The number of nitrogens with one attached hydrogen (secondary N) is 2. The Hall–Kier alpha value is -3.87. The summed E-state index contributed by atoms with van der Waals surface area (Å²) in [5, 5.41) is 2.76. The van der Waals surface area contributed by atoms with Gasteiger partial charge in [0, 0.05) is 35.3 Å². The first kappa shape index (κ1) is 22.8. The van der Waals surface area contributed by atoms with Crippen LogP contribution in [-0.2, 0) is 16.6 Å². The van der Waals surface area contributed by atoms with Gasteiger partial charge in [0.2, 0.25) is 10.0 Å². The normalized spacial score (nSPS) is 10.8. The second-order valence-corrected chi connectivity index (χ2v) is 8.29. The molecule has 0 aliphatic carbocycles. The zero-order chi connectivity index (χ0) is 23.0. The largest absolute Gasteiger partial charge is 0.493 e. The Labute approximate surface area is 186 Å². The van der Waals surface area contributed by atoms with Gasteiger partial charge in [0.1, 0.15) is 6.61 Å². The Morgan fingerprint density at radius 2 is 1.91 bits per heavy atom. The quantitative estimate of drug-likeness (QED) is 0.485. The summed E-state index contributed by atoms with van der Waals surface area (Å²) >= 11 is 0. The lowest BCUT2D eigenvalue weighted by Crippen LogP contribution is -2.24. The fourth-order valence-corrected chi connectivity index (χ4v) is 3.65. The van der Waals surface area contributed by atoms with E-state index in [1.54, 1.807) is 30.6 Å². The van der Waals surface area contributed by atoms with Crippen LogP contribution in [0.5, 0.6) is 11.5 Å². The molecule has 0 aliphatic rings. The zero-order valence-corrected chi connectivity index (χ0v) is 18.1. The van der Waals surface area contributed by atoms with E-state index >= 15 is 0 Å². The van der Waals surface area contributed by atoms with Crippen LogP contribution >= 0.6 is 0 Å². The molecule has 3 rings (SSSR count). The number of amides is 1. The molecule has 2 N–H and O–H groups in total. The number of ether oxygens (including phenoxy) is 2. The van der Waals surface area contributed by atoms with Crippen LogP contribution < -0.4 is 19.5 Å². The molecule has 0 fully saturated rings. The van der Waals surface area contributed by atoms with Gasteiger partial charge in [-0.3, -0.25) is 9.78 Å². The Morgan fingerprint density at radius 3 is 2.56 bits per heavy atom. The van der Waals surface area contributed by atoms with Crippen molar-refractivity contribution < 1.29 is 22.7 Å². The molecule has 32 heavy (non-hydrogen) atoms. The fourth-order valence-electron chi connectivity index (χ4n) is 2.72. The van der Waals surface area contributed by atoms with E-state index < -0.39 is 15.9 Å². The molecule has 0 atom stereocenters. The number of rotatable bonds is 9. The highest BCUT2D eigenvalue weighted by molar-refractivity contribution is 7.89. The van der Waals surface area contributed by atoms with E-state index in [2.05, 4.69) is 20.9 Å². The first-order valence-electron chi connectivity index (χ1n) is 9.47. The molecule has 2 aromatic carbocycles.